The van der Waals surface area contributed by atoms with Gasteiger partial charge in [0.05, 0.1) is 12.8 Å². The maximum Gasteiger partial charge on any atom is 0.339 e. The molecule has 0 bridgehead atoms. The lowest BCUT2D eigenvalue weighted by atomic mass is 10.0. The maximum absolute atomic E-state index is 11.3. The van der Waals surface area contributed by atoms with Crippen molar-refractivity contribution < 1.29 is 14.6 Å². The fourth-order valence-electron chi connectivity index (χ4n) is 2.24. The predicted octanol–water partition coefficient (Wildman–Crippen LogP) is 2.95. The molecule has 0 spiro atoms. The molecule has 0 aliphatic rings. The third-order valence-electron chi connectivity index (χ3n) is 3.49. The van der Waals surface area contributed by atoms with Gasteiger partial charge in [-0.25, -0.2) is 4.79 Å². The van der Waals surface area contributed by atoms with Crippen LogP contribution in [0.3, 0.4) is 0 Å². The van der Waals surface area contributed by atoms with Gasteiger partial charge in [-0.3, -0.25) is 4.98 Å². The van der Waals surface area contributed by atoms with E-state index in [0.29, 0.717) is 12.3 Å². The molecule has 1 atom stereocenters. The number of hydrogen-bond donors (Lipinski definition) is 2. The van der Waals surface area contributed by atoms with Crippen LogP contribution in [0.25, 0.3) is 0 Å². The monoisotopic (exact) mass is 300 g/mol. The molecule has 1 aromatic carbocycles. The molecule has 0 saturated heterocycles. The molecule has 116 valence electrons. The molecular weight excluding hydrogens is 280 g/mol. The van der Waals surface area contributed by atoms with Crippen molar-refractivity contribution in [1.29, 1.82) is 0 Å². The van der Waals surface area contributed by atoms with Crippen LogP contribution in [0.1, 0.15) is 40.3 Å². The molecule has 5 nitrogen and oxygen atoms in total. The Labute approximate surface area is 130 Å². The van der Waals surface area contributed by atoms with Crippen LogP contribution in [-0.2, 0) is 6.54 Å². The smallest absolute Gasteiger partial charge is 0.339 e. The number of nitrogens with zero attached hydrogens (tertiary/aromatic N) is 1. The molecule has 2 rings (SSSR count). The predicted molar refractivity (Wildman–Crippen MR) is 84.2 cm³/mol. The largest absolute Gasteiger partial charge is 0.496 e. The summed E-state index contributed by atoms with van der Waals surface area (Å²) >= 11 is 0. The van der Waals surface area contributed by atoms with Crippen LogP contribution < -0.4 is 10.1 Å². The molecule has 0 radical (unpaired) electrons. The molecule has 1 heterocycles. The number of carboxylic acids is 1. The Morgan fingerprint density at radius 2 is 2.14 bits per heavy atom. The van der Waals surface area contributed by atoms with Crippen molar-refractivity contribution in [3.63, 3.8) is 0 Å². The fourth-order valence-corrected chi connectivity index (χ4v) is 2.24. The summed E-state index contributed by atoms with van der Waals surface area (Å²) in [6.45, 7) is 4.57. The molecule has 1 aromatic heterocycles. The Kier molecular flexibility index (Phi) is 5.12. The number of methoxy groups -OCH3 is 1. The molecule has 0 aliphatic heterocycles. The summed E-state index contributed by atoms with van der Waals surface area (Å²) in [5.74, 6) is -0.630. The number of hydrogen-bond acceptors (Lipinski definition) is 4. The summed E-state index contributed by atoms with van der Waals surface area (Å²) in [6.07, 6.45) is 0. The Hall–Kier alpha value is -2.40. The van der Waals surface area contributed by atoms with Crippen LogP contribution in [-0.4, -0.2) is 23.2 Å². The molecule has 0 amide bonds. The van der Waals surface area contributed by atoms with Gasteiger partial charge < -0.3 is 15.2 Å². The van der Waals surface area contributed by atoms with Crippen molar-refractivity contribution in [3.8, 4) is 5.75 Å². The quantitative estimate of drug-likeness (QED) is 0.858. The van der Waals surface area contributed by atoms with E-state index < -0.39 is 5.97 Å². The van der Waals surface area contributed by atoms with Crippen molar-refractivity contribution in [2.24, 2.45) is 0 Å². The van der Waals surface area contributed by atoms with E-state index in [1.165, 1.54) is 7.11 Å². The minimum absolute atomic E-state index is 0.00585. The number of rotatable bonds is 6. The zero-order valence-electron chi connectivity index (χ0n) is 13.0. The summed E-state index contributed by atoms with van der Waals surface area (Å²) in [7, 11) is 1.46. The number of ether oxygens (including phenoxy) is 1. The lowest BCUT2D eigenvalue weighted by Gasteiger charge is -2.16. The van der Waals surface area contributed by atoms with Crippen LogP contribution in [0.4, 0.5) is 0 Å². The normalized spacial score (nSPS) is 12.0. The SMILES string of the molecule is COc1ccc([C@H](C)NCc2cccc(C)n2)cc1C(=O)O. The van der Waals surface area contributed by atoms with Crippen molar-refractivity contribution in [3.05, 3.63) is 58.9 Å². The molecular formula is C17H20N2O3. The molecule has 0 saturated carbocycles. The van der Waals surface area contributed by atoms with E-state index >= 15 is 0 Å². The standard InChI is InChI=1S/C17H20N2O3/c1-11-5-4-6-14(19-11)10-18-12(2)13-7-8-16(22-3)15(9-13)17(20)21/h4-9,12,18H,10H2,1-3H3,(H,20,21)/t12-/m0/s1. The van der Waals surface area contributed by atoms with Gasteiger partial charge in [0.15, 0.2) is 0 Å². The molecule has 0 aliphatic carbocycles. The second kappa shape index (κ2) is 7.04. The van der Waals surface area contributed by atoms with Gasteiger partial charge in [0.25, 0.3) is 0 Å². The highest BCUT2D eigenvalue weighted by atomic mass is 16.5. The topological polar surface area (TPSA) is 71.5 Å². The molecule has 5 heteroatoms. The summed E-state index contributed by atoms with van der Waals surface area (Å²) in [5.41, 5.74) is 3.00. The van der Waals surface area contributed by atoms with Gasteiger partial charge in [-0.15, -0.1) is 0 Å². The molecule has 0 unspecified atom stereocenters. The Morgan fingerprint density at radius 1 is 1.36 bits per heavy atom. The summed E-state index contributed by atoms with van der Waals surface area (Å²) in [4.78, 5) is 15.7. The van der Waals surface area contributed by atoms with Crippen molar-refractivity contribution in [2.45, 2.75) is 26.4 Å². The Bertz CT molecular complexity index is 671. The first kappa shape index (κ1) is 16.0. The lowest BCUT2D eigenvalue weighted by molar-refractivity contribution is 0.0693. The van der Waals surface area contributed by atoms with E-state index in [1.807, 2.05) is 38.1 Å². The average molecular weight is 300 g/mol. The second-order valence-corrected chi connectivity index (χ2v) is 5.14. The van der Waals surface area contributed by atoms with E-state index in [0.717, 1.165) is 17.0 Å². The Morgan fingerprint density at radius 3 is 2.77 bits per heavy atom. The first-order chi connectivity index (χ1) is 10.5. The zero-order valence-corrected chi connectivity index (χ0v) is 13.0. The van der Waals surface area contributed by atoms with Crippen LogP contribution in [0.5, 0.6) is 5.75 Å². The zero-order chi connectivity index (χ0) is 16.1. The number of pyridine rings is 1. The van der Waals surface area contributed by atoms with Crippen molar-refractivity contribution in [2.75, 3.05) is 7.11 Å². The number of benzene rings is 1. The van der Waals surface area contributed by atoms with Crippen LogP contribution >= 0.6 is 0 Å². The molecule has 2 aromatic rings. The highest BCUT2D eigenvalue weighted by Gasteiger charge is 2.14. The molecule has 2 N–H and O–H groups in total. The minimum Gasteiger partial charge on any atom is -0.496 e. The highest BCUT2D eigenvalue weighted by Crippen LogP contribution is 2.23. The number of carbonyl (C=O) groups is 1. The number of aromatic carboxylic acids is 1. The number of aryl methyl sites for hydroxylation is 1. The third kappa shape index (κ3) is 3.83. The van der Waals surface area contributed by atoms with Gasteiger partial charge >= 0.3 is 5.97 Å². The van der Waals surface area contributed by atoms with Gasteiger partial charge in [0.1, 0.15) is 11.3 Å². The highest BCUT2D eigenvalue weighted by molar-refractivity contribution is 5.91. The van der Waals surface area contributed by atoms with Crippen molar-refractivity contribution in [1.82, 2.24) is 10.3 Å². The third-order valence-corrected chi connectivity index (χ3v) is 3.49. The van der Waals surface area contributed by atoms with E-state index in [4.69, 9.17) is 4.74 Å². The van der Waals surface area contributed by atoms with E-state index in [1.54, 1.807) is 12.1 Å². The average Bonchev–Trinajstić information content (AvgIpc) is 2.52. The maximum atomic E-state index is 11.3. The number of aromatic nitrogens is 1. The van der Waals surface area contributed by atoms with Gasteiger partial charge in [0, 0.05) is 18.3 Å². The van der Waals surface area contributed by atoms with Crippen LogP contribution in [0.2, 0.25) is 0 Å². The van der Waals surface area contributed by atoms with Crippen LogP contribution in [0, 0.1) is 6.92 Å². The number of carboxylic acid groups (broad SMARTS) is 1. The van der Waals surface area contributed by atoms with Crippen LogP contribution in [0.15, 0.2) is 36.4 Å². The van der Waals surface area contributed by atoms with E-state index in [2.05, 4.69) is 10.3 Å². The summed E-state index contributed by atoms with van der Waals surface area (Å²) in [5, 5.41) is 12.6. The van der Waals surface area contributed by atoms with Gasteiger partial charge in [-0.2, -0.15) is 0 Å². The summed E-state index contributed by atoms with van der Waals surface area (Å²) in [6, 6.07) is 11.1. The van der Waals surface area contributed by atoms with E-state index in [-0.39, 0.29) is 11.6 Å². The van der Waals surface area contributed by atoms with Crippen molar-refractivity contribution >= 4 is 5.97 Å². The molecule has 22 heavy (non-hydrogen) atoms. The van der Waals surface area contributed by atoms with Gasteiger partial charge in [0.2, 0.25) is 0 Å². The first-order valence-corrected chi connectivity index (χ1v) is 7.08. The fraction of sp³-hybridized carbons (Fsp3) is 0.294. The first-order valence-electron chi connectivity index (χ1n) is 7.08. The van der Waals surface area contributed by atoms with Gasteiger partial charge in [-0.1, -0.05) is 12.1 Å². The Balaban J connectivity index is 2.10. The number of nitrogens with one attached hydrogen (secondary N) is 1. The minimum atomic E-state index is -0.994. The lowest BCUT2D eigenvalue weighted by Crippen LogP contribution is -2.19. The van der Waals surface area contributed by atoms with Gasteiger partial charge in [-0.05, 0) is 43.7 Å². The second-order valence-electron chi connectivity index (χ2n) is 5.14. The summed E-state index contributed by atoms with van der Waals surface area (Å²) < 4.78 is 5.07. The molecule has 0 fully saturated rings. The van der Waals surface area contributed by atoms with E-state index in [9.17, 15) is 9.90 Å².